The summed E-state index contributed by atoms with van der Waals surface area (Å²) >= 11 is 12.0. The van der Waals surface area contributed by atoms with Gasteiger partial charge in [0.05, 0.1) is 34.6 Å². The Morgan fingerprint density at radius 3 is 2.39 bits per heavy atom. The van der Waals surface area contributed by atoms with Gasteiger partial charge in [-0.3, -0.25) is 5.43 Å². The van der Waals surface area contributed by atoms with Gasteiger partial charge < -0.3 is 9.47 Å². The van der Waals surface area contributed by atoms with Gasteiger partial charge in [-0.2, -0.15) is 18.3 Å². The normalized spacial score (nSPS) is 11.5. The van der Waals surface area contributed by atoms with E-state index in [1.54, 1.807) is 36.4 Å². The number of hydrogen-bond donors (Lipinski definition) is 1. The van der Waals surface area contributed by atoms with Crippen LogP contribution in [0.1, 0.15) is 16.7 Å². The number of nitrogens with one attached hydrogen (secondary N) is 1. The standard InChI is InChI=1S/C22H17Cl2F3N2O2/c1-30-20-4-2-3-15(21(20)31-13-14-5-10-18(23)19(24)11-14)12-28-29-17-8-6-16(7-9-17)22(25,26)27/h2-12,29H,13H2,1H3. The van der Waals surface area contributed by atoms with Gasteiger partial charge in [0, 0.05) is 5.56 Å². The fraction of sp³-hybridized carbons (Fsp3) is 0.136. The molecule has 0 unspecified atom stereocenters. The van der Waals surface area contributed by atoms with Gasteiger partial charge >= 0.3 is 6.18 Å². The zero-order chi connectivity index (χ0) is 22.4. The highest BCUT2D eigenvalue weighted by atomic mass is 35.5. The predicted molar refractivity (Wildman–Crippen MR) is 116 cm³/mol. The molecule has 31 heavy (non-hydrogen) atoms. The Labute approximate surface area is 187 Å². The molecule has 3 rings (SSSR count). The summed E-state index contributed by atoms with van der Waals surface area (Å²) in [5.74, 6) is 0.951. The minimum atomic E-state index is -4.39. The molecule has 3 aromatic carbocycles. The van der Waals surface area contributed by atoms with Gasteiger partial charge in [0.25, 0.3) is 0 Å². The number of nitrogens with zero attached hydrogens (tertiary/aromatic N) is 1. The molecule has 0 amide bonds. The average Bonchev–Trinajstić information content (AvgIpc) is 2.74. The molecule has 3 aromatic rings. The number of ether oxygens (including phenoxy) is 2. The van der Waals surface area contributed by atoms with Gasteiger partial charge in [-0.1, -0.05) is 35.3 Å². The second-order valence-electron chi connectivity index (χ2n) is 6.36. The Morgan fingerprint density at radius 1 is 1.00 bits per heavy atom. The van der Waals surface area contributed by atoms with Crippen LogP contribution in [0.3, 0.4) is 0 Å². The summed E-state index contributed by atoms with van der Waals surface area (Å²) in [6, 6.07) is 15.0. The van der Waals surface area contributed by atoms with Crippen molar-refractivity contribution < 1.29 is 22.6 Å². The first kappa shape index (κ1) is 22.8. The van der Waals surface area contributed by atoms with E-state index in [0.29, 0.717) is 32.8 Å². The molecule has 0 aliphatic carbocycles. The number of hydrogen-bond acceptors (Lipinski definition) is 4. The molecule has 0 saturated heterocycles. The highest BCUT2D eigenvalue weighted by molar-refractivity contribution is 6.42. The molecule has 0 fully saturated rings. The molecule has 0 saturated carbocycles. The van der Waals surface area contributed by atoms with Gasteiger partial charge in [-0.25, -0.2) is 0 Å². The van der Waals surface area contributed by atoms with Crippen LogP contribution in [0.5, 0.6) is 11.5 Å². The SMILES string of the molecule is COc1cccc(C=NNc2ccc(C(F)(F)F)cc2)c1OCc1ccc(Cl)c(Cl)c1. The Balaban J connectivity index is 1.74. The van der Waals surface area contributed by atoms with E-state index < -0.39 is 11.7 Å². The Bertz CT molecular complexity index is 1070. The van der Waals surface area contributed by atoms with E-state index in [-0.39, 0.29) is 6.61 Å². The molecular formula is C22H17Cl2F3N2O2. The first-order chi connectivity index (χ1) is 14.8. The van der Waals surface area contributed by atoms with Crippen molar-refractivity contribution in [3.8, 4) is 11.5 Å². The second-order valence-corrected chi connectivity index (χ2v) is 7.18. The highest BCUT2D eigenvalue weighted by Gasteiger charge is 2.29. The topological polar surface area (TPSA) is 42.8 Å². The number of para-hydroxylation sites is 1. The van der Waals surface area contributed by atoms with Crippen LogP contribution in [0.4, 0.5) is 18.9 Å². The lowest BCUT2D eigenvalue weighted by Crippen LogP contribution is -2.04. The van der Waals surface area contributed by atoms with Crippen molar-refractivity contribution >= 4 is 35.1 Å². The van der Waals surface area contributed by atoms with E-state index in [0.717, 1.165) is 17.7 Å². The average molecular weight is 469 g/mol. The van der Waals surface area contributed by atoms with Crippen molar-refractivity contribution in [2.45, 2.75) is 12.8 Å². The molecule has 0 radical (unpaired) electrons. The minimum absolute atomic E-state index is 0.213. The summed E-state index contributed by atoms with van der Waals surface area (Å²) in [5, 5.41) is 4.96. The molecule has 0 aromatic heterocycles. The fourth-order valence-corrected chi connectivity index (χ4v) is 2.97. The summed E-state index contributed by atoms with van der Waals surface area (Å²) in [4.78, 5) is 0. The maximum atomic E-state index is 12.7. The number of anilines is 1. The number of methoxy groups -OCH3 is 1. The number of rotatable bonds is 7. The van der Waals surface area contributed by atoms with Crippen molar-refractivity contribution in [3.05, 3.63) is 87.4 Å². The lowest BCUT2D eigenvalue weighted by Gasteiger charge is -2.13. The van der Waals surface area contributed by atoms with Gasteiger partial charge in [-0.05, 0) is 54.1 Å². The van der Waals surface area contributed by atoms with Crippen LogP contribution in [0.25, 0.3) is 0 Å². The molecule has 162 valence electrons. The van der Waals surface area contributed by atoms with Crippen molar-refractivity contribution in [1.82, 2.24) is 0 Å². The molecule has 0 aliphatic rings. The molecule has 4 nitrogen and oxygen atoms in total. The number of alkyl halides is 3. The summed E-state index contributed by atoms with van der Waals surface area (Å²) in [7, 11) is 1.52. The van der Waals surface area contributed by atoms with Gasteiger partial charge in [0.15, 0.2) is 11.5 Å². The Hall–Kier alpha value is -2.90. The minimum Gasteiger partial charge on any atom is -0.493 e. The number of halogens is 5. The third kappa shape index (κ3) is 6.06. The first-order valence-corrected chi connectivity index (χ1v) is 9.73. The molecule has 0 aliphatic heterocycles. The van der Waals surface area contributed by atoms with Crippen LogP contribution in [-0.2, 0) is 12.8 Å². The van der Waals surface area contributed by atoms with E-state index in [1.807, 2.05) is 0 Å². The molecule has 0 atom stereocenters. The van der Waals surface area contributed by atoms with Crippen LogP contribution >= 0.6 is 23.2 Å². The molecule has 1 N–H and O–H groups in total. The summed E-state index contributed by atoms with van der Waals surface area (Å²) < 4.78 is 49.3. The van der Waals surface area contributed by atoms with E-state index in [1.165, 1.54) is 25.5 Å². The zero-order valence-electron chi connectivity index (χ0n) is 16.2. The molecule has 9 heteroatoms. The van der Waals surface area contributed by atoms with E-state index in [4.69, 9.17) is 32.7 Å². The van der Waals surface area contributed by atoms with E-state index in [9.17, 15) is 13.2 Å². The lowest BCUT2D eigenvalue weighted by molar-refractivity contribution is -0.137. The smallest absolute Gasteiger partial charge is 0.416 e. The van der Waals surface area contributed by atoms with Gasteiger partial charge in [0.2, 0.25) is 0 Å². The van der Waals surface area contributed by atoms with Crippen LogP contribution in [0.15, 0.2) is 65.8 Å². The molecule has 0 heterocycles. The Morgan fingerprint density at radius 2 is 1.74 bits per heavy atom. The summed E-state index contributed by atoms with van der Waals surface area (Å²) in [5.41, 5.74) is 3.80. The monoisotopic (exact) mass is 468 g/mol. The largest absolute Gasteiger partial charge is 0.493 e. The predicted octanol–water partition coefficient (Wildman–Crippen LogP) is 7.05. The van der Waals surface area contributed by atoms with Crippen molar-refractivity contribution in [2.75, 3.05) is 12.5 Å². The van der Waals surface area contributed by atoms with Crippen LogP contribution in [-0.4, -0.2) is 13.3 Å². The van der Waals surface area contributed by atoms with E-state index >= 15 is 0 Å². The quantitative estimate of drug-likeness (QED) is 0.298. The molecule has 0 bridgehead atoms. The first-order valence-electron chi connectivity index (χ1n) is 8.98. The maximum Gasteiger partial charge on any atom is 0.416 e. The van der Waals surface area contributed by atoms with E-state index in [2.05, 4.69) is 10.5 Å². The summed E-state index contributed by atoms with van der Waals surface area (Å²) in [6.07, 6.45) is -2.90. The third-order valence-electron chi connectivity index (χ3n) is 4.21. The Kier molecular flexibility index (Phi) is 7.30. The van der Waals surface area contributed by atoms with Crippen LogP contribution in [0.2, 0.25) is 10.0 Å². The molecule has 0 spiro atoms. The van der Waals surface area contributed by atoms with Crippen molar-refractivity contribution in [3.63, 3.8) is 0 Å². The van der Waals surface area contributed by atoms with Crippen LogP contribution < -0.4 is 14.9 Å². The number of benzene rings is 3. The molecular weight excluding hydrogens is 452 g/mol. The highest BCUT2D eigenvalue weighted by Crippen LogP contribution is 2.32. The lowest BCUT2D eigenvalue weighted by atomic mass is 10.2. The van der Waals surface area contributed by atoms with Crippen molar-refractivity contribution in [2.24, 2.45) is 5.10 Å². The van der Waals surface area contributed by atoms with Gasteiger partial charge in [0.1, 0.15) is 6.61 Å². The summed E-state index contributed by atoms with van der Waals surface area (Å²) in [6.45, 7) is 0.213. The zero-order valence-corrected chi connectivity index (χ0v) is 17.7. The number of hydrazone groups is 1. The van der Waals surface area contributed by atoms with Crippen LogP contribution in [0, 0.1) is 0 Å². The van der Waals surface area contributed by atoms with Crippen molar-refractivity contribution in [1.29, 1.82) is 0 Å². The van der Waals surface area contributed by atoms with Gasteiger partial charge in [-0.15, -0.1) is 0 Å². The third-order valence-corrected chi connectivity index (χ3v) is 4.95. The fourth-order valence-electron chi connectivity index (χ4n) is 2.64. The maximum absolute atomic E-state index is 12.7. The second kappa shape index (κ2) is 9.94.